The zero-order valence-electron chi connectivity index (χ0n) is 13.9. The Bertz CT molecular complexity index is 743. The van der Waals surface area contributed by atoms with Gasteiger partial charge in [0.2, 0.25) is 0 Å². The number of ether oxygens (including phenoxy) is 1. The van der Waals surface area contributed by atoms with Gasteiger partial charge < -0.3 is 4.74 Å². The molecule has 1 aromatic rings. The Morgan fingerprint density at radius 1 is 1.36 bits per heavy atom. The molecule has 0 unspecified atom stereocenters. The molecule has 4 aliphatic rings. The Morgan fingerprint density at radius 2 is 2.04 bits per heavy atom. The second-order valence-corrected chi connectivity index (χ2v) is 7.44. The summed E-state index contributed by atoms with van der Waals surface area (Å²) in [6.45, 7) is 1.56. The summed E-state index contributed by atoms with van der Waals surface area (Å²) in [5.41, 5.74) is -2.25. The second kappa shape index (κ2) is 5.32. The fourth-order valence-electron chi connectivity index (χ4n) is 4.32. The highest BCUT2D eigenvalue weighted by Crippen LogP contribution is 2.57. The molecule has 5 rings (SSSR count). The molecule has 0 radical (unpaired) electrons. The number of hydrogen-bond acceptors (Lipinski definition) is 4. The summed E-state index contributed by atoms with van der Waals surface area (Å²) >= 11 is 0. The van der Waals surface area contributed by atoms with Crippen molar-refractivity contribution in [2.24, 2.45) is 11.3 Å². The summed E-state index contributed by atoms with van der Waals surface area (Å²) in [5.74, 6) is -0.882. The van der Waals surface area contributed by atoms with E-state index >= 15 is 0 Å². The van der Waals surface area contributed by atoms with Crippen LogP contribution in [0.15, 0.2) is 0 Å². The average Bonchev–Trinajstić information content (AvgIpc) is 3.09. The summed E-state index contributed by atoms with van der Waals surface area (Å²) in [6.07, 6.45) is -1.58. The minimum atomic E-state index is -4.68. The number of esters is 1. The van der Waals surface area contributed by atoms with Gasteiger partial charge in [0.15, 0.2) is 5.69 Å². The first-order valence-corrected chi connectivity index (χ1v) is 8.63. The Balaban J connectivity index is 1.79. The predicted octanol–water partition coefficient (Wildman–Crippen LogP) is 3.33. The van der Waals surface area contributed by atoms with E-state index < -0.39 is 28.8 Å². The van der Waals surface area contributed by atoms with E-state index in [0.29, 0.717) is 38.0 Å². The summed E-state index contributed by atoms with van der Waals surface area (Å²) in [7, 11) is 0. The number of halogens is 3. The predicted molar refractivity (Wildman–Crippen MR) is 79.9 cm³/mol. The fourth-order valence-corrected chi connectivity index (χ4v) is 4.32. The van der Waals surface area contributed by atoms with Crippen molar-refractivity contribution < 1.29 is 27.5 Å². The van der Waals surface area contributed by atoms with Crippen molar-refractivity contribution in [3.05, 3.63) is 17.0 Å². The van der Waals surface area contributed by atoms with Crippen molar-refractivity contribution >= 4 is 11.8 Å². The highest BCUT2D eigenvalue weighted by atomic mass is 19.4. The highest BCUT2D eigenvalue weighted by molar-refractivity contribution is 5.91. The van der Waals surface area contributed by atoms with Crippen LogP contribution in [0.2, 0.25) is 0 Å². The molecule has 0 spiro atoms. The van der Waals surface area contributed by atoms with Gasteiger partial charge in [-0.2, -0.15) is 18.3 Å². The largest absolute Gasteiger partial charge is 0.461 e. The van der Waals surface area contributed by atoms with E-state index in [0.717, 1.165) is 4.68 Å². The molecule has 0 aromatic carbocycles. The molecule has 1 aromatic heterocycles. The highest BCUT2D eigenvalue weighted by Gasteiger charge is 2.58. The standard InChI is InChI=1S/C17H19F3N2O3/c1-2-25-15(24)14-12(17(18,19)20)13(10-3-4-10)21-22(14)8-16-6-9(7-16)5-11(16)23/h9-10H,2-8H2,1H3. The second-order valence-electron chi connectivity index (χ2n) is 7.44. The molecule has 136 valence electrons. The quantitative estimate of drug-likeness (QED) is 0.760. The molecule has 0 amide bonds. The minimum Gasteiger partial charge on any atom is -0.461 e. The number of ketones is 1. The van der Waals surface area contributed by atoms with E-state index in [1.54, 1.807) is 6.92 Å². The third-order valence-corrected chi connectivity index (χ3v) is 5.57. The molecule has 4 aliphatic carbocycles. The SMILES string of the molecule is CCOC(=O)c1c(C(F)(F)F)c(C2CC2)nn1CC12CC(CC1=O)C2. The van der Waals surface area contributed by atoms with Crippen LogP contribution in [0.1, 0.15) is 66.7 Å². The van der Waals surface area contributed by atoms with Gasteiger partial charge >= 0.3 is 12.1 Å². The third kappa shape index (κ3) is 2.57. The van der Waals surface area contributed by atoms with Gasteiger partial charge in [-0.25, -0.2) is 4.79 Å². The number of fused-ring (bicyclic) bond motifs is 1. The van der Waals surface area contributed by atoms with Crippen LogP contribution in [0.4, 0.5) is 13.2 Å². The third-order valence-electron chi connectivity index (χ3n) is 5.57. The topological polar surface area (TPSA) is 61.2 Å². The fraction of sp³-hybridized carbons (Fsp3) is 0.706. The molecule has 4 saturated carbocycles. The maximum atomic E-state index is 13.7. The number of nitrogens with zero attached hydrogens (tertiary/aromatic N) is 2. The van der Waals surface area contributed by atoms with Crippen molar-refractivity contribution in [2.75, 3.05) is 6.61 Å². The first kappa shape index (κ1) is 16.6. The van der Waals surface area contributed by atoms with Gasteiger partial charge in [-0.05, 0) is 38.5 Å². The van der Waals surface area contributed by atoms with Crippen LogP contribution >= 0.6 is 0 Å². The monoisotopic (exact) mass is 356 g/mol. The van der Waals surface area contributed by atoms with Crippen molar-refractivity contribution in [1.29, 1.82) is 0 Å². The number of carbonyl (C=O) groups excluding carboxylic acids is 2. The van der Waals surface area contributed by atoms with E-state index in [1.807, 2.05) is 0 Å². The average molecular weight is 356 g/mol. The molecule has 0 N–H and O–H groups in total. The summed E-state index contributed by atoms with van der Waals surface area (Å²) in [6, 6.07) is 0. The summed E-state index contributed by atoms with van der Waals surface area (Å²) in [4.78, 5) is 24.5. The lowest BCUT2D eigenvalue weighted by atomic mass is 9.69. The van der Waals surface area contributed by atoms with Gasteiger partial charge in [0.05, 0.1) is 18.8 Å². The van der Waals surface area contributed by atoms with E-state index in [1.165, 1.54) is 0 Å². The molecular weight excluding hydrogens is 337 g/mol. The lowest BCUT2D eigenvalue weighted by molar-refractivity contribution is -0.138. The van der Waals surface area contributed by atoms with Crippen molar-refractivity contribution in [1.82, 2.24) is 9.78 Å². The van der Waals surface area contributed by atoms with Gasteiger partial charge in [0.25, 0.3) is 0 Å². The zero-order valence-corrected chi connectivity index (χ0v) is 13.9. The van der Waals surface area contributed by atoms with Crippen LogP contribution in [0.3, 0.4) is 0 Å². The lowest BCUT2D eigenvalue weighted by Gasteiger charge is -2.36. The van der Waals surface area contributed by atoms with Crippen LogP contribution in [0.5, 0.6) is 0 Å². The minimum absolute atomic E-state index is 0.0216. The Kier molecular flexibility index (Phi) is 3.53. The zero-order chi connectivity index (χ0) is 18.0. The van der Waals surface area contributed by atoms with E-state index in [-0.39, 0.29) is 30.5 Å². The number of rotatable bonds is 5. The molecule has 25 heavy (non-hydrogen) atoms. The number of carbonyl (C=O) groups is 2. The number of Topliss-reactive ketones (excluding diaryl/α,β-unsaturated/α-hetero) is 1. The van der Waals surface area contributed by atoms with Crippen molar-refractivity contribution in [2.45, 2.75) is 57.7 Å². The van der Waals surface area contributed by atoms with Crippen LogP contribution in [-0.4, -0.2) is 28.1 Å². The Hall–Kier alpha value is -1.86. The maximum Gasteiger partial charge on any atom is 0.420 e. The number of hydrogen-bond donors (Lipinski definition) is 0. The first-order chi connectivity index (χ1) is 11.7. The van der Waals surface area contributed by atoms with Crippen molar-refractivity contribution in [3.8, 4) is 0 Å². The molecule has 1 heterocycles. The normalized spacial score (nSPS) is 28.2. The smallest absolute Gasteiger partial charge is 0.420 e. The van der Waals surface area contributed by atoms with Crippen LogP contribution in [0.25, 0.3) is 0 Å². The van der Waals surface area contributed by atoms with Gasteiger partial charge in [-0.3, -0.25) is 9.48 Å². The van der Waals surface area contributed by atoms with Crippen LogP contribution < -0.4 is 0 Å². The molecule has 0 saturated heterocycles. The Labute approximate surface area is 142 Å². The van der Waals surface area contributed by atoms with Crippen LogP contribution in [0, 0.1) is 11.3 Å². The molecule has 5 nitrogen and oxygen atoms in total. The summed E-state index contributed by atoms with van der Waals surface area (Å²) < 4.78 is 47.0. The van der Waals surface area contributed by atoms with E-state index in [2.05, 4.69) is 5.10 Å². The first-order valence-electron chi connectivity index (χ1n) is 8.63. The Morgan fingerprint density at radius 3 is 2.52 bits per heavy atom. The van der Waals surface area contributed by atoms with Crippen molar-refractivity contribution in [3.63, 3.8) is 0 Å². The van der Waals surface area contributed by atoms with Gasteiger partial charge in [0, 0.05) is 17.8 Å². The molecule has 2 bridgehead atoms. The maximum absolute atomic E-state index is 13.7. The summed E-state index contributed by atoms with van der Waals surface area (Å²) in [5, 5.41) is 4.15. The van der Waals surface area contributed by atoms with Gasteiger partial charge in [-0.1, -0.05) is 0 Å². The van der Waals surface area contributed by atoms with E-state index in [9.17, 15) is 22.8 Å². The molecule has 0 aliphatic heterocycles. The number of alkyl halides is 3. The van der Waals surface area contributed by atoms with Gasteiger partial charge in [-0.15, -0.1) is 0 Å². The van der Waals surface area contributed by atoms with E-state index in [4.69, 9.17) is 4.74 Å². The molecule has 4 fully saturated rings. The number of aromatic nitrogens is 2. The lowest BCUT2D eigenvalue weighted by Crippen LogP contribution is -2.38. The van der Waals surface area contributed by atoms with Gasteiger partial charge in [0.1, 0.15) is 11.3 Å². The van der Waals surface area contributed by atoms with Crippen LogP contribution in [-0.2, 0) is 22.3 Å². The molecular formula is C17H19F3N2O3. The molecule has 8 heteroatoms. The molecule has 0 atom stereocenters.